The molecule has 2 amide bonds. The van der Waals surface area contributed by atoms with E-state index in [9.17, 15) is 18.0 Å². The van der Waals surface area contributed by atoms with Crippen LogP contribution in [-0.4, -0.2) is 80.2 Å². The Balaban J connectivity index is 1.36. The number of carbonyl (C=O) groups excluding carboxylic acids is 2. The maximum absolute atomic E-state index is 13.1. The average Bonchev–Trinajstić information content (AvgIpc) is 3.27. The number of terminal acetylenes is 1. The number of amides is 2. The summed E-state index contributed by atoms with van der Waals surface area (Å²) in [5.74, 6) is 3.29. The van der Waals surface area contributed by atoms with Gasteiger partial charge >= 0.3 is 6.09 Å². The summed E-state index contributed by atoms with van der Waals surface area (Å²) in [7, 11) is -3.80. The number of hydrogen-bond donors (Lipinski definition) is 0. The normalized spacial score (nSPS) is 16.2. The van der Waals surface area contributed by atoms with Crippen LogP contribution in [0.2, 0.25) is 0 Å². The molecule has 0 N–H and O–H groups in total. The molecule has 5 rings (SSSR count). The highest BCUT2D eigenvalue weighted by Gasteiger charge is 2.30. The number of carbonyl (C=O) groups is 2. The number of hydrogen-bond acceptors (Lipinski definition) is 8. The topological polar surface area (TPSA) is 120 Å². The second-order valence-electron chi connectivity index (χ2n) is 8.67. The number of ether oxygens (including phenoxy) is 3. The zero-order valence-electron chi connectivity index (χ0n) is 21.2. The van der Waals surface area contributed by atoms with Gasteiger partial charge < -0.3 is 23.7 Å². The third-order valence-electron chi connectivity index (χ3n) is 6.30. The van der Waals surface area contributed by atoms with E-state index in [0.29, 0.717) is 29.5 Å². The van der Waals surface area contributed by atoms with Crippen LogP contribution in [0.4, 0.5) is 4.79 Å². The van der Waals surface area contributed by atoms with Crippen molar-refractivity contribution in [2.45, 2.75) is 18.4 Å². The largest absolute Gasteiger partial charge is 0.486 e. The molecule has 0 spiro atoms. The Morgan fingerprint density at radius 1 is 1.08 bits per heavy atom. The zero-order valence-corrected chi connectivity index (χ0v) is 22.8. The number of piperazine rings is 1. The van der Waals surface area contributed by atoms with Gasteiger partial charge in [0.05, 0.1) is 28.3 Å². The van der Waals surface area contributed by atoms with Crippen LogP contribution in [0.15, 0.2) is 46.3 Å². The fraction of sp³-hybridized carbons (Fsp3) is 0.346. The van der Waals surface area contributed by atoms with Crippen molar-refractivity contribution in [3.63, 3.8) is 0 Å². The first-order valence-electron chi connectivity index (χ1n) is 12.3. The number of thiazole rings is 1. The third-order valence-corrected chi connectivity index (χ3v) is 9.25. The van der Waals surface area contributed by atoms with E-state index in [4.69, 9.17) is 20.6 Å². The Hall–Kier alpha value is -3.86. The second kappa shape index (κ2) is 11.1. The molecule has 1 saturated heterocycles. The summed E-state index contributed by atoms with van der Waals surface area (Å²) < 4.78 is 46.5. The number of fused-ring (bicyclic) bond motifs is 2. The van der Waals surface area contributed by atoms with Crippen molar-refractivity contribution in [2.24, 2.45) is 4.99 Å². The van der Waals surface area contributed by atoms with E-state index >= 15 is 0 Å². The molecular weight excluding hydrogens is 544 g/mol. The van der Waals surface area contributed by atoms with Crippen molar-refractivity contribution in [3.8, 4) is 23.8 Å². The number of nitrogens with zero attached hydrogens (tertiary/aromatic N) is 4. The van der Waals surface area contributed by atoms with Crippen LogP contribution in [0.3, 0.4) is 0 Å². The summed E-state index contributed by atoms with van der Waals surface area (Å²) in [5.41, 5.74) is 1.01. The highest BCUT2D eigenvalue weighted by atomic mass is 32.2. The van der Waals surface area contributed by atoms with E-state index in [-0.39, 0.29) is 49.8 Å². The number of rotatable bonds is 5. The lowest BCUT2D eigenvalue weighted by Crippen LogP contribution is -2.50. The Bertz CT molecular complexity index is 1630. The van der Waals surface area contributed by atoms with Crippen LogP contribution in [0.25, 0.3) is 10.2 Å². The van der Waals surface area contributed by atoms with Crippen molar-refractivity contribution in [1.29, 1.82) is 0 Å². The molecule has 2 aliphatic rings. The standard InChI is InChI=1S/C26H26N4O7S2/c1-3-9-30-20-16-21-22(37-15-14-36-21)17-23(20)38-25(30)27-24(31)18-5-7-19(8-6-18)39(33,34)29-12-10-28(11-13-29)26(32)35-4-2/h1,5-8,16-17H,4,9-15H2,2H3. The second-order valence-corrected chi connectivity index (χ2v) is 11.6. The van der Waals surface area contributed by atoms with Crippen molar-refractivity contribution in [2.75, 3.05) is 46.0 Å². The third kappa shape index (κ3) is 5.36. The van der Waals surface area contributed by atoms with Crippen molar-refractivity contribution >= 4 is 43.6 Å². The Kier molecular flexibility index (Phi) is 7.60. The predicted octanol–water partition coefficient (Wildman–Crippen LogP) is 2.31. The first-order valence-corrected chi connectivity index (χ1v) is 14.5. The van der Waals surface area contributed by atoms with Crippen LogP contribution in [0.5, 0.6) is 11.5 Å². The molecule has 0 atom stereocenters. The van der Waals surface area contributed by atoms with E-state index < -0.39 is 22.0 Å². The van der Waals surface area contributed by atoms with Gasteiger partial charge in [0.25, 0.3) is 5.91 Å². The lowest BCUT2D eigenvalue weighted by Gasteiger charge is -2.33. The molecule has 3 heterocycles. The molecule has 11 nitrogen and oxygen atoms in total. The van der Waals surface area contributed by atoms with E-state index in [2.05, 4.69) is 10.9 Å². The first-order chi connectivity index (χ1) is 18.8. The van der Waals surface area contributed by atoms with Gasteiger partial charge in [0.2, 0.25) is 10.0 Å². The van der Waals surface area contributed by atoms with Gasteiger partial charge in [-0.1, -0.05) is 17.3 Å². The summed E-state index contributed by atoms with van der Waals surface area (Å²) in [6.45, 7) is 3.86. The van der Waals surface area contributed by atoms with Crippen LogP contribution in [-0.2, 0) is 21.3 Å². The summed E-state index contributed by atoms with van der Waals surface area (Å²) in [6, 6.07) is 9.32. The molecule has 3 aromatic rings. The lowest BCUT2D eigenvalue weighted by atomic mass is 10.2. The molecule has 0 unspecified atom stereocenters. The summed E-state index contributed by atoms with van der Waals surface area (Å²) in [6.07, 6.45) is 5.12. The van der Waals surface area contributed by atoms with Gasteiger partial charge in [0, 0.05) is 43.9 Å². The minimum Gasteiger partial charge on any atom is -0.486 e. The molecular formula is C26H26N4O7S2. The molecule has 39 heavy (non-hydrogen) atoms. The summed E-state index contributed by atoms with van der Waals surface area (Å²) in [4.78, 5) is 31.2. The highest BCUT2D eigenvalue weighted by Crippen LogP contribution is 2.35. The number of aromatic nitrogens is 1. The van der Waals surface area contributed by atoms with Gasteiger partial charge in [-0.2, -0.15) is 9.30 Å². The van der Waals surface area contributed by atoms with Gasteiger partial charge in [0.15, 0.2) is 16.3 Å². The summed E-state index contributed by atoms with van der Waals surface area (Å²) in [5, 5.41) is 0. The van der Waals surface area contributed by atoms with E-state index in [1.807, 2.05) is 12.1 Å². The molecule has 0 saturated carbocycles. The van der Waals surface area contributed by atoms with Crippen LogP contribution in [0.1, 0.15) is 17.3 Å². The first kappa shape index (κ1) is 26.7. The van der Waals surface area contributed by atoms with E-state index in [1.54, 1.807) is 11.5 Å². The molecule has 2 aromatic carbocycles. The fourth-order valence-electron chi connectivity index (χ4n) is 4.33. The fourth-order valence-corrected chi connectivity index (χ4v) is 6.79. The highest BCUT2D eigenvalue weighted by molar-refractivity contribution is 7.89. The van der Waals surface area contributed by atoms with Gasteiger partial charge in [-0.15, -0.1) is 6.42 Å². The SMILES string of the molecule is C#CCn1c(=NC(=O)c2ccc(S(=O)(=O)N3CCN(C(=O)OCC)CC3)cc2)sc2cc3c(cc21)OCCO3. The Morgan fingerprint density at radius 3 is 2.38 bits per heavy atom. The quantitative estimate of drug-likeness (QED) is 0.432. The van der Waals surface area contributed by atoms with Gasteiger partial charge in [0.1, 0.15) is 13.2 Å². The molecule has 0 radical (unpaired) electrons. The van der Waals surface area contributed by atoms with Crippen LogP contribution in [0, 0.1) is 12.3 Å². The summed E-state index contributed by atoms with van der Waals surface area (Å²) >= 11 is 1.30. The monoisotopic (exact) mass is 570 g/mol. The predicted molar refractivity (Wildman–Crippen MR) is 143 cm³/mol. The minimum absolute atomic E-state index is 0.0541. The molecule has 1 fully saturated rings. The molecule has 1 aromatic heterocycles. The smallest absolute Gasteiger partial charge is 0.409 e. The van der Waals surface area contributed by atoms with Crippen molar-refractivity contribution < 1.29 is 32.2 Å². The van der Waals surface area contributed by atoms with Crippen LogP contribution < -0.4 is 14.3 Å². The average molecular weight is 571 g/mol. The van der Waals surface area contributed by atoms with E-state index in [1.165, 1.54) is 44.8 Å². The number of benzene rings is 2. The minimum atomic E-state index is -3.80. The molecule has 204 valence electrons. The van der Waals surface area contributed by atoms with Crippen molar-refractivity contribution in [1.82, 2.24) is 13.8 Å². The number of sulfonamides is 1. The van der Waals surface area contributed by atoms with E-state index in [0.717, 1.165) is 10.2 Å². The Morgan fingerprint density at radius 2 is 1.74 bits per heavy atom. The van der Waals surface area contributed by atoms with Gasteiger partial charge in [-0.25, -0.2) is 13.2 Å². The van der Waals surface area contributed by atoms with Crippen molar-refractivity contribution in [3.05, 3.63) is 46.8 Å². The molecule has 0 aliphatic carbocycles. The maximum Gasteiger partial charge on any atom is 0.409 e. The molecule has 2 aliphatic heterocycles. The maximum atomic E-state index is 13.1. The van der Waals surface area contributed by atoms with Gasteiger partial charge in [-0.05, 0) is 31.2 Å². The molecule has 13 heteroatoms. The Labute approximate surface area is 229 Å². The zero-order chi connectivity index (χ0) is 27.6. The lowest BCUT2D eigenvalue weighted by molar-refractivity contribution is 0.0933. The van der Waals surface area contributed by atoms with Gasteiger partial charge in [-0.3, -0.25) is 4.79 Å². The molecule has 0 bridgehead atoms. The van der Waals surface area contributed by atoms with Crippen LogP contribution >= 0.6 is 11.3 Å².